The van der Waals surface area contributed by atoms with E-state index < -0.39 is 0 Å². The minimum absolute atomic E-state index is 0.0166. The normalized spacial score (nSPS) is 18.5. The maximum Gasteiger partial charge on any atom is 0.261 e. The van der Waals surface area contributed by atoms with E-state index in [0.717, 1.165) is 57.6 Å². The van der Waals surface area contributed by atoms with Gasteiger partial charge < -0.3 is 9.64 Å². The smallest absolute Gasteiger partial charge is 0.261 e. The van der Waals surface area contributed by atoms with Crippen molar-refractivity contribution in [1.82, 2.24) is 24.3 Å². The molecule has 0 N–H and O–H groups in total. The minimum atomic E-state index is -0.166. The topological polar surface area (TPSA) is 80.6 Å². The summed E-state index contributed by atoms with van der Waals surface area (Å²) in [5.41, 5.74) is 0.489. The van der Waals surface area contributed by atoms with Crippen molar-refractivity contribution in [3.63, 3.8) is 0 Å². The van der Waals surface area contributed by atoms with Gasteiger partial charge in [0.05, 0.1) is 17.2 Å². The van der Waals surface area contributed by atoms with E-state index >= 15 is 0 Å². The summed E-state index contributed by atoms with van der Waals surface area (Å²) >= 11 is 0. The lowest BCUT2D eigenvalue weighted by atomic mass is 9.98. The molecule has 8 nitrogen and oxygen atoms in total. The third-order valence-electron chi connectivity index (χ3n) is 6.80. The monoisotopic (exact) mass is 447 g/mol. The fourth-order valence-electron chi connectivity index (χ4n) is 4.91. The molecule has 0 atom stereocenters. The van der Waals surface area contributed by atoms with E-state index in [1.54, 1.807) is 18.5 Å². The Hall–Kier alpha value is -3.26. The van der Waals surface area contributed by atoms with Crippen LogP contribution < -0.4 is 10.3 Å². The minimum Gasteiger partial charge on any atom is -0.490 e. The van der Waals surface area contributed by atoms with Crippen LogP contribution in [-0.2, 0) is 11.3 Å². The number of para-hydroxylation sites is 1. The fraction of sp³-hybridized carbons (Fsp3) is 0.440. The SMILES string of the molecule is O=C(Cn1cnc2ccccc2c1=O)N1CCC(N2CCC(Oc3ccncc3)CC2)CC1. The van der Waals surface area contributed by atoms with Crippen LogP contribution in [0.2, 0.25) is 0 Å². The van der Waals surface area contributed by atoms with Crippen LogP contribution in [0.25, 0.3) is 10.9 Å². The number of likely N-dealkylation sites (tertiary alicyclic amines) is 2. The Labute approximate surface area is 192 Å². The molecule has 4 heterocycles. The molecule has 0 bridgehead atoms. The maximum absolute atomic E-state index is 12.9. The molecule has 8 heteroatoms. The summed E-state index contributed by atoms with van der Waals surface area (Å²) in [4.78, 5) is 38.3. The van der Waals surface area contributed by atoms with Gasteiger partial charge in [-0.2, -0.15) is 0 Å². The van der Waals surface area contributed by atoms with E-state index in [2.05, 4.69) is 14.9 Å². The summed E-state index contributed by atoms with van der Waals surface area (Å²) in [6.45, 7) is 3.54. The quantitative estimate of drug-likeness (QED) is 0.597. The van der Waals surface area contributed by atoms with Crippen molar-refractivity contribution >= 4 is 16.8 Å². The third-order valence-corrected chi connectivity index (χ3v) is 6.80. The fourth-order valence-corrected chi connectivity index (χ4v) is 4.91. The van der Waals surface area contributed by atoms with Gasteiger partial charge in [-0.25, -0.2) is 4.98 Å². The summed E-state index contributed by atoms with van der Waals surface area (Å²) in [6.07, 6.45) is 9.20. The van der Waals surface area contributed by atoms with Gasteiger partial charge in [-0.3, -0.25) is 24.0 Å². The molecule has 2 fully saturated rings. The molecule has 33 heavy (non-hydrogen) atoms. The lowest BCUT2D eigenvalue weighted by Crippen LogP contribution is -2.50. The lowest BCUT2D eigenvalue weighted by molar-refractivity contribution is -0.133. The number of fused-ring (bicyclic) bond motifs is 1. The van der Waals surface area contributed by atoms with Crippen LogP contribution >= 0.6 is 0 Å². The number of carbonyl (C=O) groups excluding carboxylic acids is 1. The van der Waals surface area contributed by atoms with Crippen molar-refractivity contribution in [2.45, 2.75) is 44.4 Å². The number of nitrogens with zero attached hydrogens (tertiary/aromatic N) is 5. The molecule has 0 radical (unpaired) electrons. The number of carbonyl (C=O) groups is 1. The number of pyridine rings is 1. The summed E-state index contributed by atoms with van der Waals surface area (Å²) in [5, 5.41) is 0.544. The Balaban J connectivity index is 1.11. The average molecular weight is 448 g/mol. The zero-order valence-corrected chi connectivity index (χ0v) is 18.7. The molecule has 0 unspecified atom stereocenters. The molecule has 0 saturated carbocycles. The van der Waals surface area contributed by atoms with Crippen molar-refractivity contribution in [3.8, 4) is 5.75 Å². The number of amides is 1. The highest BCUT2D eigenvalue weighted by atomic mass is 16.5. The third kappa shape index (κ3) is 4.90. The molecule has 172 valence electrons. The number of rotatable bonds is 5. The van der Waals surface area contributed by atoms with E-state index in [1.807, 2.05) is 35.2 Å². The van der Waals surface area contributed by atoms with Gasteiger partial charge in [0.15, 0.2) is 0 Å². The molecule has 2 aromatic heterocycles. The number of hydrogen-bond donors (Lipinski definition) is 0. The van der Waals surface area contributed by atoms with Crippen LogP contribution in [0.15, 0.2) is 59.9 Å². The zero-order chi connectivity index (χ0) is 22.6. The molecule has 5 rings (SSSR count). The summed E-state index contributed by atoms with van der Waals surface area (Å²) in [6, 6.07) is 11.5. The molecular weight excluding hydrogens is 418 g/mol. The van der Waals surface area contributed by atoms with Crippen LogP contribution in [0.4, 0.5) is 0 Å². The highest BCUT2D eigenvalue weighted by Crippen LogP contribution is 2.24. The van der Waals surface area contributed by atoms with Gasteiger partial charge in [0, 0.05) is 44.6 Å². The lowest BCUT2D eigenvalue weighted by Gasteiger charge is -2.41. The molecule has 2 aliphatic heterocycles. The van der Waals surface area contributed by atoms with Crippen molar-refractivity contribution in [3.05, 3.63) is 65.5 Å². The first-order valence-corrected chi connectivity index (χ1v) is 11.7. The summed E-state index contributed by atoms with van der Waals surface area (Å²) < 4.78 is 7.50. The van der Waals surface area contributed by atoms with Crippen LogP contribution in [0.5, 0.6) is 5.75 Å². The van der Waals surface area contributed by atoms with E-state index in [-0.39, 0.29) is 24.1 Å². The molecule has 2 saturated heterocycles. The highest BCUT2D eigenvalue weighted by Gasteiger charge is 2.30. The number of aromatic nitrogens is 3. The Morgan fingerprint density at radius 3 is 2.45 bits per heavy atom. The van der Waals surface area contributed by atoms with Crippen molar-refractivity contribution in [2.24, 2.45) is 0 Å². The summed E-state index contributed by atoms with van der Waals surface area (Å²) in [7, 11) is 0. The maximum atomic E-state index is 12.9. The standard InChI is InChI=1S/C25H29N5O3/c31-24(17-30-18-27-23-4-2-1-3-22(23)25(30)32)29-13-7-19(8-14-29)28-15-9-21(10-16-28)33-20-5-11-26-12-6-20/h1-6,11-12,18-19,21H,7-10,13-17H2. The van der Waals surface area contributed by atoms with Crippen molar-refractivity contribution in [2.75, 3.05) is 26.2 Å². The molecule has 3 aromatic rings. The Bertz CT molecular complexity index is 1150. The largest absolute Gasteiger partial charge is 0.490 e. The van der Waals surface area contributed by atoms with E-state index in [1.165, 1.54) is 10.9 Å². The molecule has 0 aliphatic carbocycles. The second-order valence-corrected chi connectivity index (χ2v) is 8.84. The first-order chi connectivity index (χ1) is 16.2. The van der Waals surface area contributed by atoms with Crippen molar-refractivity contribution < 1.29 is 9.53 Å². The number of piperidine rings is 2. The van der Waals surface area contributed by atoms with Gasteiger partial charge in [0.25, 0.3) is 5.56 Å². The van der Waals surface area contributed by atoms with Gasteiger partial charge in [0.2, 0.25) is 5.91 Å². The molecule has 1 amide bonds. The van der Waals surface area contributed by atoms with E-state index in [9.17, 15) is 9.59 Å². The molecule has 1 aromatic carbocycles. The highest BCUT2D eigenvalue weighted by molar-refractivity contribution is 5.79. The van der Waals surface area contributed by atoms with Crippen LogP contribution in [-0.4, -0.2) is 68.6 Å². The molecule has 0 spiro atoms. The van der Waals surface area contributed by atoms with Gasteiger partial charge in [0.1, 0.15) is 18.4 Å². The van der Waals surface area contributed by atoms with Gasteiger partial charge in [-0.15, -0.1) is 0 Å². The predicted octanol–water partition coefficient (Wildman–Crippen LogP) is 2.33. The first-order valence-electron chi connectivity index (χ1n) is 11.7. The molecule has 2 aliphatic rings. The van der Waals surface area contributed by atoms with Gasteiger partial charge in [-0.1, -0.05) is 12.1 Å². The van der Waals surface area contributed by atoms with Crippen molar-refractivity contribution in [1.29, 1.82) is 0 Å². The Morgan fingerprint density at radius 1 is 0.970 bits per heavy atom. The van der Waals surface area contributed by atoms with Gasteiger partial charge in [-0.05, 0) is 49.9 Å². The predicted molar refractivity (Wildman–Crippen MR) is 125 cm³/mol. The van der Waals surface area contributed by atoms with Crippen LogP contribution in [0.3, 0.4) is 0 Å². The number of hydrogen-bond acceptors (Lipinski definition) is 6. The van der Waals surface area contributed by atoms with Crippen LogP contribution in [0.1, 0.15) is 25.7 Å². The van der Waals surface area contributed by atoms with E-state index in [4.69, 9.17) is 4.74 Å². The second kappa shape index (κ2) is 9.70. The average Bonchev–Trinajstić information content (AvgIpc) is 2.87. The Morgan fingerprint density at radius 2 is 1.70 bits per heavy atom. The Kier molecular flexibility index (Phi) is 6.35. The zero-order valence-electron chi connectivity index (χ0n) is 18.7. The molecular formula is C25H29N5O3. The first kappa shape index (κ1) is 21.6. The summed E-state index contributed by atoms with van der Waals surface area (Å²) in [5.74, 6) is 0.869. The number of benzene rings is 1. The second-order valence-electron chi connectivity index (χ2n) is 8.84. The van der Waals surface area contributed by atoms with Gasteiger partial charge >= 0.3 is 0 Å². The van der Waals surface area contributed by atoms with Crippen LogP contribution in [0, 0.1) is 0 Å². The number of ether oxygens (including phenoxy) is 1. The van der Waals surface area contributed by atoms with E-state index in [0.29, 0.717) is 16.9 Å².